The van der Waals surface area contributed by atoms with Crippen LogP contribution in [0.4, 0.5) is 13.2 Å². The molecular formula is C26H41F3O4. The lowest BCUT2D eigenvalue weighted by Gasteiger charge is -2.46. The second-order valence-electron chi connectivity index (χ2n) is 12.6. The molecule has 0 aromatic heterocycles. The Morgan fingerprint density at radius 3 is 2.09 bits per heavy atom. The Hall–Kier alpha value is -0.820. The lowest BCUT2D eigenvalue weighted by molar-refractivity contribution is -0.255. The molecule has 4 nitrogen and oxygen atoms in total. The molecule has 2 N–H and O–H groups in total. The normalized spacial score (nSPS) is 44.3. The molecule has 4 aliphatic rings. The van der Waals surface area contributed by atoms with Crippen molar-refractivity contribution >= 4 is 5.97 Å². The van der Waals surface area contributed by atoms with Crippen LogP contribution in [0.25, 0.3) is 0 Å². The summed E-state index contributed by atoms with van der Waals surface area (Å²) in [4.78, 5) is 12.9. The Kier molecular flexibility index (Phi) is 6.43. The van der Waals surface area contributed by atoms with Crippen LogP contribution in [0.3, 0.4) is 0 Å². The number of rotatable bonds is 7. The highest BCUT2D eigenvalue weighted by molar-refractivity contribution is 5.73. The summed E-state index contributed by atoms with van der Waals surface area (Å²) in [6.45, 7) is 9.21. The summed E-state index contributed by atoms with van der Waals surface area (Å²) >= 11 is 0. The first kappa shape index (κ1) is 25.3. The van der Waals surface area contributed by atoms with Gasteiger partial charge in [0.1, 0.15) is 0 Å². The number of carbonyl (C=O) groups excluding carboxylic acids is 1. The van der Waals surface area contributed by atoms with Crippen LogP contribution >= 0.6 is 0 Å². The zero-order valence-electron chi connectivity index (χ0n) is 20.6. The lowest BCUT2D eigenvalue weighted by Crippen LogP contribution is -2.45. The monoisotopic (exact) mass is 474 g/mol. The molecule has 0 aliphatic heterocycles. The van der Waals surface area contributed by atoms with Gasteiger partial charge in [-0.05, 0) is 113 Å². The summed E-state index contributed by atoms with van der Waals surface area (Å²) in [5, 5.41) is 20.2. The molecule has 0 radical (unpaired) electrons. The number of ether oxygens (including phenoxy) is 1. The van der Waals surface area contributed by atoms with Crippen molar-refractivity contribution in [2.45, 2.75) is 90.5 Å². The standard InChI is InChI=1S/C26H41F3O4/c1-13-15-9-18(19(10-15)23(30)33-8-6-7-25(5,32)26(27,28)29)22(13)21-14(2)17-11-16(21)12-20(17)24(3,4)31/h13-22,31-32H,6-12H2,1-5H3/t13?,14?,15?,16?,17?,18?,19?,20?,21?,22-,25?/m0/s1. The maximum atomic E-state index is 12.9. The molecule has 33 heavy (non-hydrogen) atoms. The van der Waals surface area contributed by atoms with E-state index in [1.807, 2.05) is 13.8 Å². The van der Waals surface area contributed by atoms with Crippen molar-refractivity contribution in [2.75, 3.05) is 6.61 Å². The van der Waals surface area contributed by atoms with Gasteiger partial charge in [-0.25, -0.2) is 0 Å². The fourth-order valence-electron chi connectivity index (χ4n) is 8.61. The first-order valence-corrected chi connectivity index (χ1v) is 12.8. The molecule has 0 amide bonds. The minimum atomic E-state index is -4.69. The molecule has 190 valence electrons. The van der Waals surface area contributed by atoms with Gasteiger partial charge in [-0.3, -0.25) is 4.79 Å². The summed E-state index contributed by atoms with van der Waals surface area (Å²) in [7, 11) is 0. The van der Waals surface area contributed by atoms with Crippen molar-refractivity contribution in [2.24, 2.45) is 59.2 Å². The second kappa shape index (κ2) is 8.39. The van der Waals surface area contributed by atoms with E-state index in [0.717, 1.165) is 26.2 Å². The minimum absolute atomic E-state index is 0.0133. The number of halogens is 3. The first-order chi connectivity index (χ1) is 15.1. The van der Waals surface area contributed by atoms with E-state index in [-0.39, 0.29) is 24.9 Å². The average Bonchev–Trinajstić information content (AvgIpc) is 3.43. The van der Waals surface area contributed by atoms with Gasteiger partial charge in [-0.1, -0.05) is 13.8 Å². The van der Waals surface area contributed by atoms with Gasteiger partial charge in [0.2, 0.25) is 0 Å². The number of aliphatic hydroxyl groups is 2. The molecule has 11 atom stereocenters. The molecule has 0 saturated heterocycles. The van der Waals surface area contributed by atoms with E-state index in [9.17, 15) is 28.2 Å². The fourth-order valence-corrected chi connectivity index (χ4v) is 8.61. The topological polar surface area (TPSA) is 66.8 Å². The fraction of sp³-hybridized carbons (Fsp3) is 0.962. The zero-order valence-corrected chi connectivity index (χ0v) is 20.6. The van der Waals surface area contributed by atoms with Crippen LogP contribution in [-0.2, 0) is 9.53 Å². The van der Waals surface area contributed by atoms with Gasteiger partial charge < -0.3 is 14.9 Å². The van der Waals surface area contributed by atoms with Crippen LogP contribution in [0.15, 0.2) is 0 Å². The van der Waals surface area contributed by atoms with Crippen molar-refractivity contribution in [1.29, 1.82) is 0 Å². The van der Waals surface area contributed by atoms with Crippen molar-refractivity contribution in [1.82, 2.24) is 0 Å². The molecular weight excluding hydrogens is 433 g/mol. The summed E-state index contributed by atoms with van der Waals surface area (Å²) in [5.74, 6) is 4.05. The van der Waals surface area contributed by atoms with Crippen molar-refractivity contribution in [3.05, 3.63) is 0 Å². The number of carbonyl (C=O) groups is 1. The largest absolute Gasteiger partial charge is 0.465 e. The Morgan fingerprint density at radius 1 is 0.909 bits per heavy atom. The summed E-state index contributed by atoms with van der Waals surface area (Å²) in [5.41, 5.74) is -3.41. The molecule has 4 rings (SSSR count). The number of alkyl halides is 3. The van der Waals surface area contributed by atoms with Crippen LogP contribution in [0.1, 0.15) is 73.1 Å². The zero-order chi connectivity index (χ0) is 24.5. The van der Waals surface area contributed by atoms with Crippen LogP contribution in [0.5, 0.6) is 0 Å². The predicted octanol–water partition coefficient (Wildman–Crippen LogP) is 5.21. The summed E-state index contributed by atoms with van der Waals surface area (Å²) in [6.07, 6.45) is -1.07. The van der Waals surface area contributed by atoms with E-state index in [2.05, 4.69) is 13.8 Å². The Labute approximate surface area is 195 Å². The third-order valence-corrected chi connectivity index (χ3v) is 10.3. The minimum Gasteiger partial charge on any atom is -0.465 e. The van der Waals surface area contributed by atoms with Crippen LogP contribution < -0.4 is 0 Å². The van der Waals surface area contributed by atoms with E-state index >= 15 is 0 Å². The van der Waals surface area contributed by atoms with E-state index in [1.54, 1.807) is 0 Å². The third-order valence-electron chi connectivity index (χ3n) is 10.3. The van der Waals surface area contributed by atoms with Crippen LogP contribution in [-0.4, -0.2) is 40.2 Å². The lowest BCUT2D eigenvalue weighted by atomic mass is 9.59. The van der Waals surface area contributed by atoms with E-state index < -0.39 is 23.8 Å². The van der Waals surface area contributed by atoms with E-state index in [0.29, 0.717) is 53.3 Å². The van der Waals surface area contributed by atoms with Crippen LogP contribution in [0, 0.1) is 59.2 Å². The van der Waals surface area contributed by atoms with E-state index in [4.69, 9.17) is 4.74 Å². The van der Waals surface area contributed by atoms with Gasteiger partial charge in [-0.2, -0.15) is 13.2 Å². The molecule has 4 saturated carbocycles. The highest BCUT2D eigenvalue weighted by Gasteiger charge is 2.62. The smallest absolute Gasteiger partial charge is 0.416 e. The third kappa shape index (κ3) is 4.34. The second-order valence-corrected chi connectivity index (χ2v) is 12.6. The predicted molar refractivity (Wildman–Crippen MR) is 118 cm³/mol. The maximum absolute atomic E-state index is 12.9. The van der Waals surface area contributed by atoms with Crippen molar-refractivity contribution < 1.29 is 32.9 Å². The molecule has 0 aromatic rings. The van der Waals surface area contributed by atoms with Crippen molar-refractivity contribution in [3.8, 4) is 0 Å². The summed E-state index contributed by atoms with van der Waals surface area (Å²) in [6, 6.07) is 0. The van der Waals surface area contributed by atoms with Gasteiger partial charge in [0.15, 0.2) is 5.60 Å². The number of hydrogen-bond donors (Lipinski definition) is 2. The summed E-state index contributed by atoms with van der Waals surface area (Å²) < 4.78 is 43.9. The quantitative estimate of drug-likeness (QED) is 0.393. The molecule has 0 aromatic carbocycles. The SMILES string of the molecule is CC1C2CC(CC2C(C)(C)O)C1[C@H]1C(C)C2CC(C(=O)OCCCC(C)(O)C(F)(F)F)C1C2. The first-order valence-electron chi connectivity index (χ1n) is 12.8. The van der Waals surface area contributed by atoms with Gasteiger partial charge >= 0.3 is 12.1 Å². The van der Waals surface area contributed by atoms with E-state index in [1.165, 1.54) is 6.42 Å². The van der Waals surface area contributed by atoms with Gasteiger partial charge in [-0.15, -0.1) is 0 Å². The molecule has 4 fully saturated rings. The number of hydrogen-bond acceptors (Lipinski definition) is 4. The van der Waals surface area contributed by atoms with Gasteiger partial charge in [0.25, 0.3) is 0 Å². The highest BCUT2D eigenvalue weighted by Crippen LogP contribution is 2.67. The molecule has 4 aliphatic carbocycles. The number of esters is 1. The number of fused-ring (bicyclic) bond motifs is 4. The maximum Gasteiger partial charge on any atom is 0.416 e. The average molecular weight is 475 g/mol. The Balaban J connectivity index is 1.35. The van der Waals surface area contributed by atoms with Crippen LogP contribution in [0.2, 0.25) is 0 Å². The van der Waals surface area contributed by atoms with Gasteiger partial charge in [0, 0.05) is 0 Å². The van der Waals surface area contributed by atoms with Gasteiger partial charge in [0.05, 0.1) is 18.1 Å². The Bertz CT molecular complexity index is 741. The Morgan fingerprint density at radius 2 is 1.55 bits per heavy atom. The molecule has 0 spiro atoms. The molecule has 10 unspecified atom stereocenters. The molecule has 7 heteroatoms. The van der Waals surface area contributed by atoms with Crippen molar-refractivity contribution in [3.63, 3.8) is 0 Å². The highest BCUT2D eigenvalue weighted by atomic mass is 19.4. The molecule has 0 heterocycles. The molecule has 4 bridgehead atoms.